The van der Waals surface area contributed by atoms with Gasteiger partial charge >= 0.3 is 0 Å². The van der Waals surface area contributed by atoms with Crippen LogP contribution >= 0.6 is 0 Å². The maximum absolute atomic E-state index is 12.2. The smallest absolute Gasteiger partial charge is 0.255 e. The Hall–Kier alpha value is -1.75. The SMILES string of the molecule is CC(C)C(CN(C)C)NC(=O)c1cccc(N)c1O. The van der Waals surface area contributed by atoms with Crippen molar-refractivity contribution in [2.45, 2.75) is 19.9 Å². The van der Waals surface area contributed by atoms with Gasteiger partial charge in [0.15, 0.2) is 5.75 Å². The maximum Gasteiger partial charge on any atom is 0.255 e. The molecule has 0 aromatic heterocycles. The minimum absolute atomic E-state index is 0.0170. The molecule has 0 heterocycles. The van der Waals surface area contributed by atoms with Gasteiger partial charge in [0.05, 0.1) is 11.3 Å². The number of carbonyl (C=O) groups excluding carboxylic acids is 1. The van der Waals surface area contributed by atoms with E-state index >= 15 is 0 Å². The molecule has 5 heteroatoms. The first kappa shape index (κ1) is 15.3. The Labute approximate surface area is 114 Å². The highest BCUT2D eigenvalue weighted by Crippen LogP contribution is 2.24. The van der Waals surface area contributed by atoms with Crippen LogP contribution in [0.2, 0.25) is 0 Å². The highest BCUT2D eigenvalue weighted by Gasteiger charge is 2.20. The third-order valence-corrected chi connectivity index (χ3v) is 2.99. The summed E-state index contributed by atoms with van der Waals surface area (Å²) in [6.07, 6.45) is 0. The summed E-state index contributed by atoms with van der Waals surface area (Å²) < 4.78 is 0. The first-order chi connectivity index (χ1) is 8.82. The van der Waals surface area contributed by atoms with Crippen LogP contribution < -0.4 is 11.1 Å². The minimum atomic E-state index is -0.301. The van der Waals surface area contributed by atoms with Gasteiger partial charge in [-0.15, -0.1) is 0 Å². The average Bonchev–Trinajstić information content (AvgIpc) is 2.31. The van der Waals surface area contributed by atoms with Crippen LogP contribution in [-0.4, -0.2) is 42.6 Å². The number of nitrogen functional groups attached to an aromatic ring is 1. The van der Waals surface area contributed by atoms with Crippen LogP contribution in [0.1, 0.15) is 24.2 Å². The van der Waals surface area contributed by atoms with Gasteiger partial charge in [-0.3, -0.25) is 4.79 Å². The predicted octanol–water partition coefficient (Wildman–Crippen LogP) is 1.29. The lowest BCUT2D eigenvalue weighted by Gasteiger charge is -2.25. The molecule has 0 bridgehead atoms. The summed E-state index contributed by atoms with van der Waals surface area (Å²) in [6, 6.07) is 4.79. The monoisotopic (exact) mass is 265 g/mol. The molecule has 0 fully saturated rings. The van der Waals surface area contributed by atoms with Crippen molar-refractivity contribution in [3.05, 3.63) is 23.8 Å². The zero-order valence-corrected chi connectivity index (χ0v) is 12.0. The largest absolute Gasteiger partial charge is 0.505 e. The lowest BCUT2D eigenvalue weighted by atomic mass is 10.0. The van der Waals surface area contributed by atoms with Crippen LogP contribution in [0.5, 0.6) is 5.75 Å². The number of carbonyl (C=O) groups is 1. The van der Waals surface area contributed by atoms with Gasteiger partial charge in [-0.25, -0.2) is 0 Å². The Bertz CT molecular complexity index is 444. The summed E-state index contributed by atoms with van der Waals surface area (Å²) in [5.74, 6) is -0.160. The maximum atomic E-state index is 12.2. The van der Waals surface area contributed by atoms with Crippen LogP contribution in [0.4, 0.5) is 5.69 Å². The number of para-hydroxylation sites is 1. The number of phenols is 1. The number of hydrogen-bond donors (Lipinski definition) is 3. The number of amides is 1. The molecule has 1 aromatic rings. The summed E-state index contributed by atoms with van der Waals surface area (Å²) >= 11 is 0. The fourth-order valence-corrected chi connectivity index (χ4v) is 1.81. The van der Waals surface area contributed by atoms with Crippen molar-refractivity contribution in [2.24, 2.45) is 5.92 Å². The number of phenolic OH excluding ortho intramolecular Hbond substituents is 1. The van der Waals surface area contributed by atoms with Gasteiger partial charge in [-0.2, -0.15) is 0 Å². The predicted molar refractivity (Wildman–Crippen MR) is 77.2 cm³/mol. The summed E-state index contributed by atoms with van der Waals surface area (Å²) in [5, 5.41) is 12.7. The molecule has 0 saturated heterocycles. The molecule has 4 N–H and O–H groups in total. The number of nitrogens with one attached hydrogen (secondary N) is 1. The number of nitrogens with zero attached hydrogens (tertiary/aromatic N) is 1. The Balaban J connectivity index is 2.85. The van der Waals surface area contributed by atoms with Crippen LogP contribution in [0.3, 0.4) is 0 Å². The van der Waals surface area contributed by atoms with E-state index < -0.39 is 0 Å². The molecule has 0 spiro atoms. The Morgan fingerprint density at radius 3 is 2.58 bits per heavy atom. The van der Waals surface area contributed by atoms with E-state index in [-0.39, 0.29) is 28.9 Å². The van der Waals surface area contributed by atoms with Gasteiger partial charge in [0.25, 0.3) is 5.91 Å². The lowest BCUT2D eigenvalue weighted by Crippen LogP contribution is -2.45. The first-order valence-corrected chi connectivity index (χ1v) is 6.36. The van der Waals surface area contributed by atoms with Crippen LogP contribution in [0, 0.1) is 5.92 Å². The molecule has 19 heavy (non-hydrogen) atoms. The quantitative estimate of drug-likeness (QED) is 0.554. The van der Waals surface area contributed by atoms with Crippen molar-refractivity contribution in [3.8, 4) is 5.75 Å². The second kappa shape index (κ2) is 6.43. The van der Waals surface area contributed by atoms with Crippen molar-refractivity contribution < 1.29 is 9.90 Å². The molecule has 0 radical (unpaired) electrons. The van der Waals surface area contributed by atoms with E-state index in [0.717, 1.165) is 6.54 Å². The zero-order valence-electron chi connectivity index (χ0n) is 12.0. The standard InChI is InChI=1S/C14H23N3O2/c1-9(2)12(8-17(3)4)16-14(19)10-6-5-7-11(15)13(10)18/h5-7,9,12,18H,8,15H2,1-4H3,(H,16,19). The van der Waals surface area contributed by atoms with E-state index in [1.165, 1.54) is 0 Å². The van der Waals surface area contributed by atoms with Gasteiger partial charge in [-0.1, -0.05) is 19.9 Å². The molecular weight excluding hydrogens is 242 g/mol. The first-order valence-electron chi connectivity index (χ1n) is 6.36. The highest BCUT2D eigenvalue weighted by molar-refractivity contribution is 5.98. The van der Waals surface area contributed by atoms with E-state index in [1.54, 1.807) is 18.2 Å². The van der Waals surface area contributed by atoms with Gasteiger partial charge < -0.3 is 21.1 Å². The molecule has 5 nitrogen and oxygen atoms in total. The summed E-state index contributed by atoms with van der Waals surface area (Å²) in [4.78, 5) is 14.2. The molecule has 106 valence electrons. The van der Waals surface area contributed by atoms with Crippen LogP contribution in [0.25, 0.3) is 0 Å². The fourth-order valence-electron chi connectivity index (χ4n) is 1.81. The molecule has 1 amide bonds. The molecule has 1 rings (SSSR count). The molecule has 0 aliphatic carbocycles. The van der Waals surface area contributed by atoms with Crippen molar-refractivity contribution >= 4 is 11.6 Å². The van der Waals surface area contributed by atoms with Crippen molar-refractivity contribution in [1.82, 2.24) is 10.2 Å². The number of hydrogen-bond acceptors (Lipinski definition) is 4. The second-order valence-corrected chi connectivity index (χ2v) is 5.33. The molecule has 1 aromatic carbocycles. The molecule has 1 unspecified atom stereocenters. The van der Waals surface area contributed by atoms with E-state index in [9.17, 15) is 9.90 Å². The summed E-state index contributed by atoms with van der Waals surface area (Å²) in [5.41, 5.74) is 6.01. The third-order valence-electron chi connectivity index (χ3n) is 2.99. The zero-order chi connectivity index (χ0) is 14.6. The number of likely N-dealkylation sites (N-methyl/N-ethyl adjacent to an activating group) is 1. The van der Waals surface area contributed by atoms with E-state index in [4.69, 9.17) is 5.73 Å². The van der Waals surface area contributed by atoms with E-state index in [0.29, 0.717) is 5.92 Å². The number of benzene rings is 1. The van der Waals surface area contributed by atoms with Gasteiger partial charge in [0.1, 0.15) is 0 Å². The van der Waals surface area contributed by atoms with Crippen LogP contribution in [0.15, 0.2) is 18.2 Å². The Morgan fingerprint density at radius 1 is 1.42 bits per heavy atom. The number of rotatable bonds is 5. The van der Waals surface area contributed by atoms with Crippen molar-refractivity contribution in [3.63, 3.8) is 0 Å². The van der Waals surface area contributed by atoms with Crippen molar-refractivity contribution in [1.29, 1.82) is 0 Å². The highest BCUT2D eigenvalue weighted by atomic mass is 16.3. The number of aromatic hydroxyl groups is 1. The second-order valence-electron chi connectivity index (χ2n) is 5.33. The normalized spacial score (nSPS) is 12.7. The van der Waals surface area contributed by atoms with Gasteiger partial charge in [0, 0.05) is 12.6 Å². The fraction of sp³-hybridized carbons (Fsp3) is 0.500. The molecule has 0 aliphatic rings. The molecule has 1 atom stereocenters. The lowest BCUT2D eigenvalue weighted by molar-refractivity contribution is 0.0914. The molecule has 0 saturated carbocycles. The Morgan fingerprint density at radius 2 is 2.05 bits per heavy atom. The topological polar surface area (TPSA) is 78.6 Å². The van der Waals surface area contributed by atoms with Crippen LogP contribution in [-0.2, 0) is 0 Å². The summed E-state index contributed by atoms with van der Waals surface area (Å²) in [7, 11) is 3.92. The minimum Gasteiger partial charge on any atom is -0.505 e. The van der Waals surface area contributed by atoms with Crippen molar-refractivity contribution in [2.75, 3.05) is 26.4 Å². The Kier molecular flexibility index (Phi) is 5.18. The van der Waals surface area contributed by atoms with Gasteiger partial charge in [-0.05, 0) is 32.1 Å². The third kappa shape index (κ3) is 4.13. The molecular formula is C14H23N3O2. The van der Waals surface area contributed by atoms with E-state index in [1.807, 2.05) is 32.8 Å². The molecule has 0 aliphatic heterocycles. The number of anilines is 1. The average molecular weight is 265 g/mol. The summed E-state index contributed by atoms with van der Waals surface area (Å²) in [6.45, 7) is 4.84. The van der Waals surface area contributed by atoms with E-state index in [2.05, 4.69) is 5.32 Å². The number of nitrogens with two attached hydrogens (primary N) is 1. The van der Waals surface area contributed by atoms with Gasteiger partial charge in [0.2, 0.25) is 0 Å².